The number of rotatable bonds is 3. The zero-order valence-electron chi connectivity index (χ0n) is 12.3. The number of hydrogen-bond acceptors (Lipinski definition) is 2. The largest absolute Gasteiger partial charge is 0.370 e. The van der Waals surface area contributed by atoms with E-state index in [1.807, 2.05) is 32.0 Å². The van der Waals surface area contributed by atoms with Crippen LogP contribution in [0.1, 0.15) is 24.0 Å². The standard InChI is InChI=1S/C15H22N4O/c1-10-5-4-6-11(2)13(10)19(3)15(20)18-14(16)17-9-12-7-8-12/h4-6,12H,7-9H2,1-3H3,(H3,16,17,18,20). The molecule has 0 atom stereocenters. The van der Waals surface area contributed by atoms with Crippen LogP contribution in [-0.2, 0) is 0 Å². The van der Waals surface area contributed by atoms with E-state index >= 15 is 0 Å². The Labute approximate surface area is 119 Å². The predicted octanol–water partition coefficient (Wildman–Crippen LogP) is 2.17. The molecule has 1 aromatic rings. The summed E-state index contributed by atoms with van der Waals surface area (Å²) in [5.41, 5.74) is 8.74. The normalized spacial score (nSPS) is 15.1. The Kier molecular flexibility index (Phi) is 4.27. The number of carbonyl (C=O) groups is 1. The number of hydrogen-bond donors (Lipinski definition) is 2. The van der Waals surface area contributed by atoms with Crippen molar-refractivity contribution in [3.05, 3.63) is 29.3 Å². The SMILES string of the molecule is Cc1cccc(C)c1N(C)C(=O)NC(N)=NCC1CC1. The van der Waals surface area contributed by atoms with Crippen molar-refractivity contribution in [1.82, 2.24) is 5.32 Å². The molecule has 0 radical (unpaired) electrons. The quantitative estimate of drug-likeness (QED) is 0.655. The highest BCUT2D eigenvalue weighted by atomic mass is 16.2. The van der Waals surface area contributed by atoms with Crippen molar-refractivity contribution < 1.29 is 4.79 Å². The second-order valence-corrected chi connectivity index (χ2v) is 5.40. The minimum atomic E-state index is -0.264. The summed E-state index contributed by atoms with van der Waals surface area (Å²) >= 11 is 0. The number of nitrogens with zero attached hydrogens (tertiary/aromatic N) is 2. The van der Waals surface area contributed by atoms with Crippen LogP contribution in [0.15, 0.2) is 23.2 Å². The van der Waals surface area contributed by atoms with Gasteiger partial charge in [0.1, 0.15) is 0 Å². The number of para-hydroxylation sites is 1. The number of urea groups is 1. The molecule has 1 fully saturated rings. The van der Waals surface area contributed by atoms with E-state index in [0.29, 0.717) is 12.5 Å². The summed E-state index contributed by atoms with van der Waals surface area (Å²) in [6.07, 6.45) is 2.43. The van der Waals surface area contributed by atoms with Gasteiger partial charge in [-0.25, -0.2) is 4.79 Å². The topological polar surface area (TPSA) is 70.7 Å². The Morgan fingerprint density at radius 3 is 2.55 bits per heavy atom. The number of nitrogens with one attached hydrogen (secondary N) is 1. The molecule has 108 valence electrons. The van der Waals surface area contributed by atoms with E-state index in [1.54, 1.807) is 11.9 Å². The van der Waals surface area contributed by atoms with Crippen molar-refractivity contribution >= 4 is 17.7 Å². The van der Waals surface area contributed by atoms with Gasteiger partial charge in [0.25, 0.3) is 0 Å². The molecule has 3 N–H and O–H groups in total. The van der Waals surface area contributed by atoms with Crippen molar-refractivity contribution in [3.63, 3.8) is 0 Å². The summed E-state index contributed by atoms with van der Waals surface area (Å²) in [5, 5.41) is 2.63. The van der Waals surface area contributed by atoms with Crippen LogP contribution in [0.25, 0.3) is 0 Å². The van der Waals surface area contributed by atoms with Gasteiger partial charge in [-0.1, -0.05) is 18.2 Å². The lowest BCUT2D eigenvalue weighted by Gasteiger charge is -2.21. The molecule has 0 aliphatic heterocycles. The highest BCUT2D eigenvalue weighted by Crippen LogP contribution is 2.28. The molecule has 1 aliphatic rings. The molecule has 1 aliphatic carbocycles. The van der Waals surface area contributed by atoms with Crippen LogP contribution in [-0.4, -0.2) is 25.6 Å². The summed E-state index contributed by atoms with van der Waals surface area (Å²) in [4.78, 5) is 17.9. The zero-order valence-corrected chi connectivity index (χ0v) is 12.3. The van der Waals surface area contributed by atoms with Crippen LogP contribution >= 0.6 is 0 Å². The fraction of sp³-hybridized carbons (Fsp3) is 0.467. The molecule has 0 heterocycles. The Bertz CT molecular complexity index is 514. The minimum Gasteiger partial charge on any atom is -0.370 e. The minimum absolute atomic E-state index is 0.194. The number of carbonyl (C=O) groups excluding carboxylic acids is 1. The highest BCUT2D eigenvalue weighted by Gasteiger charge is 2.21. The second-order valence-electron chi connectivity index (χ2n) is 5.40. The van der Waals surface area contributed by atoms with Gasteiger partial charge < -0.3 is 5.73 Å². The van der Waals surface area contributed by atoms with Gasteiger partial charge in [-0.2, -0.15) is 0 Å². The van der Waals surface area contributed by atoms with Gasteiger partial charge in [-0.3, -0.25) is 15.2 Å². The average Bonchev–Trinajstić information content (AvgIpc) is 3.20. The van der Waals surface area contributed by atoms with Crippen molar-refractivity contribution in [2.45, 2.75) is 26.7 Å². The molecular formula is C15H22N4O. The number of aryl methyl sites for hydroxylation is 2. The molecule has 1 aromatic carbocycles. The number of nitrogens with two attached hydrogens (primary N) is 1. The van der Waals surface area contributed by atoms with E-state index in [9.17, 15) is 4.79 Å². The summed E-state index contributed by atoms with van der Waals surface area (Å²) < 4.78 is 0. The molecule has 0 spiro atoms. The van der Waals surface area contributed by atoms with Crippen molar-refractivity contribution in [2.24, 2.45) is 16.6 Å². The van der Waals surface area contributed by atoms with Crippen LogP contribution in [0.4, 0.5) is 10.5 Å². The van der Waals surface area contributed by atoms with Gasteiger partial charge in [-0.05, 0) is 43.7 Å². The van der Waals surface area contributed by atoms with E-state index in [4.69, 9.17) is 5.73 Å². The third kappa shape index (κ3) is 3.50. The molecule has 5 heteroatoms. The first-order valence-corrected chi connectivity index (χ1v) is 6.90. The first kappa shape index (κ1) is 14.4. The summed E-state index contributed by atoms with van der Waals surface area (Å²) in [6.45, 7) is 4.67. The highest BCUT2D eigenvalue weighted by molar-refractivity contribution is 6.03. The van der Waals surface area contributed by atoms with Crippen LogP contribution in [0, 0.1) is 19.8 Å². The van der Waals surface area contributed by atoms with Gasteiger partial charge >= 0.3 is 6.03 Å². The number of anilines is 1. The van der Waals surface area contributed by atoms with Crippen LogP contribution in [0.2, 0.25) is 0 Å². The molecule has 2 amide bonds. The van der Waals surface area contributed by atoms with Gasteiger partial charge in [0.2, 0.25) is 0 Å². The smallest absolute Gasteiger partial charge is 0.328 e. The molecular weight excluding hydrogens is 252 g/mol. The second kappa shape index (κ2) is 5.94. The van der Waals surface area contributed by atoms with Gasteiger partial charge in [0.15, 0.2) is 5.96 Å². The van der Waals surface area contributed by atoms with Crippen LogP contribution < -0.4 is 16.0 Å². The number of amides is 2. The van der Waals surface area contributed by atoms with E-state index < -0.39 is 0 Å². The Morgan fingerprint density at radius 2 is 2.00 bits per heavy atom. The fourth-order valence-corrected chi connectivity index (χ4v) is 2.20. The van der Waals surface area contributed by atoms with E-state index in [1.165, 1.54) is 12.8 Å². The van der Waals surface area contributed by atoms with E-state index in [0.717, 1.165) is 16.8 Å². The Hall–Kier alpha value is -2.04. The van der Waals surface area contributed by atoms with Gasteiger partial charge in [0.05, 0.1) is 5.69 Å². The van der Waals surface area contributed by atoms with E-state index in [-0.39, 0.29) is 12.0 Å². The summed E-state index contributed by atoms with van der Waals surface area (Å²) in [5.74, 6) is 0.849. The zero-order chi connectivity index (χ0) is 14.7. The maximum absolute atomic E-state index is 12.2. The lowest BCUT2D eigenvalue weighted by molar-refractivity contribution is 0.251. The molecule has 1 saturated carbocycles. The Morgan fingerprint density at radius 1 is 1.40 bits per heavy atom. The maximum Gasteiger partial charge on any atom is 0.328 e. The van der Waals surface area contributed by atoms with Crippen molar-refractivity contribution in [3.8, 4) is 0 Å². The van der Waals surface area contributed by atoms with Crippen molar-refractivity contribution in [1.29, 1.82) is 0 Å². The lowest BCUT2D eigenvalue weighted by Crippen LogP contribution is -2.45. The van der Waals surface area contributed by atoms with Crippen LogP contribution in [0.3, 0.4) is 0 Å². The first-order valence-electron chi connectivity index (χ1n) is 6.90. The monoisotopic (exact) mass is 274 g/mol. The third-order valence-electron chi connectivity index (χ3n) is 3.53. The molecule has 0 bridgehead atoms. The average molecular weight is 274 g/mol. The molecule has 20 heavy (non-hydrogen) atoms. The van der Waals surface area contributed by atoms with Crippen LogP contribution in [0.5, 0.6) is 0 Å². The lowest BCUT2D eigenvalue weighted by atomic mass is 10.1. The summed E-state index contributed by atoms with van der Waals surface area (Å²) in [6, 6.07) is 5.68. The Balaban J connectivity index is 2.02. The maximum atomic E-state index is 12.2. The van der Waals surface area contributed by atoms with Gasteiger partial charge in [-0.15, -0.1) is 0 Å². The third-order valence-corrected chi connectivity index (χ3v) is 3.53. The number of aliphatic imine (C=N–C) groups is 1. The fourth-order valence-electron chi connectivity index (χ4n) is 2.20. The molecule has 5 nitrogen and oxygen atoms in total. The van der Waals surface area contributed by atoms with E-state index in [2.05, 4.69) is 10.3 Å². The first-order chi connectivity index (χ1) is 9.49. The summed E-state index contributed by atoms with van der Waals surface area (Å²) in [7, 11) is 1.73. The predicted molar refractivity (Wildman–Crippen MR) is 82.1 cm³/mol. The van der Waals surface area contributed by atoms with Crippen molar-refractivity contribution in [2.75, 3.05) is 18.5 Å². The van der Waals surface area contributed by atoms with Gasteiger partial charge in [0, 0.05) is 13.6 Å². The number of benzene rings is 1. The molecule has 0 unspecified atom stereocenters. The molecule has 0 aromatic heterocycles. The molecule has 0 saturated heterocycles. The number of guanidine groups is 1. The molecule has 2 rings (SSSR count).